The number of benzene rings is 2. The standard InChI is InChI=1S/C26H29N7O2/c34-21-6-1-4-19(16-21)25-29-18-24(31-25)23-8-9-28-26(32-23)30-20-5-2-7-22(17-20)35-15-3-12-33-13-10-27-11-14-33/h1-2,4-9,16-18,27,34H,3,10-15H2,(H,29,31)(H,28,30,32). The number of anilines is 2. The van der Waals surface area contributed by atoms with Crippen LogP contribution in [-0.4, -0.2) is 69.3 Å². The van der Waals surface area contributed by atoms with Crippen LogP contribution in [0.25, 0.3) is 22.8 Å². The molecule has 0 amide bonds. The monoisotopic (exact) mass is 471 g/mol. The van der Waals surface area contributed by atoms with Gasteiger partial charge < -0.3 is 30.4 Å². The van der Waals surface area contributed by atoms with Crippen molar-refractivity contribution >= 4 is 11.6 Å². The Kier molecular flexibility index (Phi) is 7.16. The summed E-state index contributed by atoms with van der Waals surface area (Å²) in [6, 6.07) is 16.6. The summed E-state index contributed by atoms with van der Waals surface area (Å²) in [6.07, 6.45) is 4.42. The maximum Gasteiger partial charge on any atom is 0.227 e. The number of phenolic OH excluding ortho intramolecular Hbond substituents is 1. The van der Waals surface area contributed by atoms with E-state index in [0.717, 1.165) is 61.8 Å². The van der Waals surface area contributed by atoms with Gasteiger partial charge in [0, 0.05) is 56.2 Å². The molecule has 0 unspecified atom stereocenters. The molecule has 4 N–H and O–H groups in total. The summed E-state index contributed by atoms with van der Waals surface area (Å²) in [5, 5.41) is 16.4. The Morgan fingerprint density at radius 1 is 1.03 bits per heavy atom. The number of ether oxygens (including phenoxy) is 1. The van der Waals surface area contributed by atoms with E-state index in [1.54, 1.807) is 30.6 Å². The van der Waals surface area contributed by atoms with Crippen molar-refractivity contribution in [1.82, 2.24) is 30.2 Å². The van der Waals surface area contributed by atoms with Crippen LogP contribution in [-0.2, 0) is 0 Å². The second-order valence-electron chi connectivity index (χ2n) is 8.41. The third kappa shape index (κ3) is 6.14. The van der Waals surface area contributed by atoms with E-state index < -0.39 is 0 Å². The Hall–Kier alpha value is -3.95. The largest absolute Gasteiger partial charge is 0.508 e. The molecule has 0 spiro atoms. The van der Waals surface area contributed by atoms with E-state index in [-0.39, 0.29) is 5.75 Å². The number of piperazine rings is 1. The maximum atomic E-state index is 9.73. The number of nitrogens with zero attached hydrogens (tertiary/aromatic N) is 4. The van der Waals surface area contributed by atoms with Gasteiger partial charge in [-0.15, -0.1) is 0 Å². The molecule has 1 fully saturated rings. The fraction of sp³-hybridized carbons (Fsp3) is 0.269. The highest BCUT2D eigenvalue weighted by molar-refractivity contribution is 5.64. The number of hydrogen-bond acceptors (Lipinski definition) is 8. The molecule has 2 aromatic heterocycles. The SMILES string of the molecule is Oc1cccc(-c2ncc(-c3ccnc(Nc4cccc(OCCCN5CCNCC5)c4)n3)[nH]2)c1. The average Bonchev–Trinajstić information content (AvgIpc) is 3.38. The van der Waals surface area contributed by atoms with Crippen LogP contribution >= 0.6 is 0 Å². The van der Waals surface area contributed by atoms with Gasteiger partial charge in [-0.05, 0) is 36.8 Å². The lowest BCUT2D eigenvalue weighted by molar-refractivity contribution is 0.214. The minimum atomic E-state index is 0.194. The lowest BCUT2D eigenvalue weighted by Gasteiger charge is -2.26. The Balaban J connectivity index is 1.20. The van der Waals surface area contributed by atoms with Crippen LogP contribution in [0.5, 0.6) is 11.5 Å². The van der Waals surface area contributed by atoms with Crippen molar-refractivity contribution in [3.8, 4) is 34.3 Å². The van der Waals surface area contributed by atoms with Crippen LogP contribution in [0.1, 0.15) is 6.42 Å². The molecule has 0 bridgehead atoms. The highest BCUT2D eigenvalue weighted by atomic mass is 16.5. The first-order chi connectivity index (χ1) is 17.2. The molecule has 5 rings (SSSR count). The lowest BCUT2D eigenvalue weighted by atomic mass is 10.2. The van der Waals surface area contributed by atoms with Gasteiger partial charge in [0.2, 0.25) is 5.95 Å². The number of nitrogens with one attached hydrogen (secondary N) is 3. The maximum absolute atomic E-state index is 9.73. The van der Waals surface area contributed by atoms with Crippen molar-refractivity contribution in [1.29, 1.82) is 0 Å². The van der Waals surface area contributed by atoms with Gasteiger partial charge in [0.15, 0.2) is 0 Å². The third-order valence-corrected chi connectivity index (χ3v) is 5.81. The quantitative estimate of drug-likeness (QED) is 0.274. The summed E-state index contributed by atoms with van der Waals surface area (Å²) in [6.45, 7) is 6.08. The molecule has 1 aliphatic rings. The number of imidazole rings is 1. The van der Waals surface area contributed by atoms with Gasteiger partial charge in [0.1, 0.15) is 17.3 Å². The van der Waals surface area contributed by atoms with E-state index in [4.69, 9.17) is 4.74 Å². The first kappa shape index (κ1) is 22.8. The number of rotatable bonds is 9. The second kappa shape index (κ2) is 11.0. The average molecular weight is 472 g/mol. The van der Waals surface area contributed by atoms with Crippen LogP contribution in [0.15, 0.2) is 67.0 Å². The molecule has 9 heteroatoms. The fourth-order valence-corrected chi connectivity index (χ4v) is 4.03. The van der Waals surface area contributed by atoms with Crippen LogP contribution in [0.2, 0.25) is 0 Å². The summed E-state index contributed by atoms with van der Waals surface area (Å²) < 4.78 is 5.97. The van der Waals surface area contributed by atoms with E-state index in [0.29, 0.717) is 24.1 Å². The van der Waals surface area contributed by atoms with Crippen molar-refractivity contribution < 1.29 is 9.84 Å². The third-order valence-electron chi connectivity index (χ3n) is 5.81. The van der Waals surface area contributed by atoms with Crippen molar-refractivity contribution in [2.45, 2.75) is 6.42 Å². The van der Waals surface area contributed by atoms with Crippen LogP contribution < -0.4 is 15.4 Å². The zero-order valence-corrected chi connectivity index (χ0v) is 19.4. The van der Waals surface area contributed by atoms with E-state index in [9.17, 15) is 5.11 Å². The Labute approximate surface area is 204 Å². The van der Waals surface area contributed by atoms with Crippen LogP contribution in [0.4, 0.5) is 11.6 Å². The van der Waals surface area contributed by atoms with Gasteiger partial charge in [-0.3, -0.25) is 0 Å². The minimum Gasteiger partial charge on any atom is -0.508 e. The summed E-state index contributed by atoms with van der Waals surface area (Å²) in [7, 11) is 0. The minimum absolute atomic E-state index is 0.194. The lowest BCUT2D eigenvalue weighted by Crippen LogP contribution is -2.43. The normalized spacial score (nSPS) is 14.1. The molecule has 1 saturated heterocycles. The summed E-state index contributed by atoms with van der Waals surface area (Å²) in [5.41, 5.74) is 3.12. The number of H-pyrrole nitrogens is 1. The van der Waals surface area contributed by atoms with Crippen molar-refractivity contribution in [3.63, 3.8) is 0 Å². The summed E-state index contributed by atoms with van der Waals surface area (Å²) >= 11 is 0. The van der Waals surface area contributed by atoms with Gasteiger partial charge in [-0.25, -0.2) is 15.0 Å². The molecule has 4 aromatic rings. The Morgan fingerprint density at radius 2 is 1.91 bits per heavy atom. The highest BCUT2D eigenvalue weighted by Gasteiger charge is 2.10. The number of aromatic nitrogens is 4. The zero-order chi connectivity index (χ0) is 23.9. The molecule has 35 heavy (non-hydrogen) atoms. The molecular formula is C26H29N7O2. The second-order valence-corrected chi connectivity index (χ2v) is 8.41. The van der Waals surface area contributed by atoms with Crippen molar-refractivity contribution in [2.24, 2.45) is 0 Å². The number of hydrogen-bond donors (Lipinski definition) is 4. The molecule has 1 aliphatic heterocycles. The Morgan fingerprint density at radius 3 is 2.80 bits per heavy atom. The first-order valence-corrected chi connectivity index (χ1v) is 11.8. The van der Waals surface area contributed by atoms with Crippen LogP contribution in [0.3, 0.4) is 0 Å². The molecule has 2 aromatic carbocycles. The van der Waals surface area contributed by atoms with Gasteiger partial charge in [0.25, 0.3) is 0 Å². The van der Waals surface area contributed by atoms with E-state index in [1.807, 2.05) is 36.4 Å². The van der Waals surface area contributed by atoms with Crippen molar-refractivity contribution in [2.75, 3.05) is 44.6 Å². The first-order valence-electron chi connectivity index (χ1n) is 11.8. The smallest absolute Gasteiger partial charge is 0.227 e. The molecule has 9 nitrogen and oxygen atoms in total. The summed E-state index contributed by atoms with van der Waals surface area (Å²) in [4.78, 5) is 19.1. The zero-order valence-electron chi connectivity index (χ0n) is 19.4. The fourth-order valence-electron chi connectivity index (χ4n) is 4.03. The predicted octanol–water partition coefficient (Wildman–Crippen LogP) is 3.66. The topological polar surface area (TPSA) is 111 Å². The van der Waals surface area contributed by atoms with Gasteiger partial charge in [-0.1, -0.05) is 18.2 Å². The van der Waals surface area contributed by atoms with Crippen molar-refractivity contribution in [3.05, 3.63) is 67.0 Å². The van der Waals surface area contributed by atoms with E-state index >= 15 is 0 Å². The molecule has 0 saturated carbocycles. The van der Waals surface area contributed by atoms with E-state index in [2.05, 4.69) is 35.5 Å². The molecule has 0 aliphatic carbocycles. The molecule has 0 radical (unpaired) electrons. The number of aromatic hydroxyl groups is 1. The summed E-state index contributed by atoms with van der Waals surface area (Å²) in [5.74, 6) is 2.15. The molecule has 0 atom stereocenters. The predicted molar refractivity (Wildman–Crippen MR) is 136 cm³/mol. The van der Waals surface area contributed by atoms with Gasteiger partial charge >= 0.3 is 0 Å². The Bertz CT molecular complexity index is 1250. The molecule has 3 heterocycles. The number of phenols is 1. The van der Waals surface area contributed by atoms with Crippen LogP contribution in [0, 0.1) is 0 Å². The molecular weight excluding hydrogens is 442 g/mol. The van der Waals surface area contributed by atoms with E-state index in [1.165, 1.54) is 0 Å². The molecule has 180 valence electrons. The van der Waals surface area contributed by atoms with Gasteiger partial charge in [-0.2, -0.15) is 0 Å². The highest BCUT2D eigenvalue weighted by Crippen LogP contribution is 2.25. The number of aromatic amines is 1. The van der Waals surface area contributed by atoms with Gasteiger partial charge in [0.05, 0.1) is 24.2 Å².